The fourth-order valence-electron chi connectivity index (χ4n) is 1.90. The van der Waals surface area contributed by atoms with Crippen molar-refractivity contribution in [1.82, 2.24) is 4.90 Å². The molecule has 1 aromatic carbocycles. The minimum atomic E-state index is -0.906. The number of aliphatic hydroxyl groups is 1. The fraction of sp³-hybridized carbons (Fsp3) is 0.500. The minimum Gasteiger partial charge on any atom is -0.389 e. The molecule has 3 N–H and O–H groups in total. The molecule has 1 rings (SSSR count). The van der Waals surface area contributed by atoms with Gasteiger partial charge in [0.15, 0.2) is 0 Å². The third-order valence-corrected chi connectivity index (χ3v) is 2.62. The van der Waals surface area contributed by atoms with Gasteiger partial charge in [0.05, 0.1) is 11.6 Å². The molecule has 0 spiro atoms. The van der Waals surface area contributed by atoms with Crippen LogP contribution in [0.3, 0.4) is 0 Å². The van der Waals surface area contributed by atoms with Crippen LogP contribution in [0.5, 0.6) is 0 Å². The van der Waals surface area contributed by atoms with Gasteiger partial charge in [0, 0.05) is 13.6 Å². The lowest BCUT2D eigenvalue weighted by molar-refractivity contribution is -0.133. The van der Waals surface area contributed by atoms with Crippen molar-refractivity contribution < 1.29 is 9.90 Å². The normalized spacial score (nSPS) is 13.2. The molecule has 0 unspecified atom stereocenters. The van der Waals surface area contributed by atoms with Crippen molar-refractivity contribution in [2.75, 3.05) is 13.6 Å². The third-order valence-electron chi connectivity index (χ3n) is 2.62. The number of benzene rings is 1. The molecule has 4 nitrogen and oxygen atoms in total. The first-order valence-electron chi connectivity index (χ1n) is 6.06. The molecule has 0 fully saturated rings. The molecule has 0 bridgehead atoms. The van der Waals surface area contributed by atoms with Crippen molar-refractivity contribution in [1.29, 1.82) is 0 Å². The highest BCUT2D eigenvalue weighted by molar-refractivity contribution is 5.81. The molecule has 1 atom stereocenters. The highest BCUT2D eigenvalue weighted by Crippen LogP contribution is 2.07. The van der Waals surface area contributed by atoms with Crippen LogP contribution in [0.4, 0.5) is 0 Å². The van der Waals surface area contributed by atoms with Gasteiger partial charge in [-0.3, -0.25) is 4.79 Å². The summed E-state index contributed by atoms with van der Waals surface area (Å²) in [4.78, 5) is 13.5. The van der Waals surface area contributed by atoms with Crippen molar-refractivity contribution in [3.8, 4) is 0 Å². The van der Waals surface area contributed by atoms with Crippen LogP contribution in [0.1, 0.15) is 19.4 Å². The van der Waals surface area contributed by atoms with Gasteiger partial charge >= 0.3 is 0 Å². The van der Waals surface area contributed by atoms with Crippen LogP contribution < -0.4 is 5.73 Å². The number of nitrogens with two attached hydrogens (primary N) is 1. The Morgan fingerprint density at radius 3 is 2.44 bits per heavy atom. The molecule has 4 heteroatoms. The lowest BCUT2D eigenvalue weighted by atomic mass is 10.0. The van der Waals surface area contributed by atoms with Gasteiger partial charge in [-0.25, -0.2) is 0 Å². The molecule has 0 radical (unpaired) electrons. The van der Waals surface area contributed by atoms with Crippen LogP contribution in [0.2, 0.25) is 0 Å². The smallest absolute Gasteiger partial charge is 0.239 e. The van der Waals surface area contributed by atoms with E-state index in [1.165, 1.54) is 4.90 Å². The average Bonchev–Trinajstić information content (AvgIpc) is 2.27. The Hall–Kier alpha value is -1.39. The summed E-state index contributed by atoms with van der Waals surface area (Å²) in [6.07, 6.45) is 0.510. The van der Waals surface area contributed by atoms with E-state index in [9.17, 15) is 9.90 Å². The van der Waals surface area contributed by atoms with E-state index >= 15 is 0 Å². The van der Waals surface area contributed by atoms with E-state index in [4.69, 9.17) is 5.73 Å². The van der Waals surface area contributed by atoms with Crippen molar-refractivity contribution in [3.63, 3.8) is 0 Å². The van der Waals surface area contributed by atoms with Crippen molar-refractivity contribution in [2.24, 2.45) is 5.73 Å². The van der Waals surface area contributed by atoms with Crippen LogP contribution in [0.15, 0.2) is 30.3 Å². The molecule has 0 saturated heterocycles. The first-order chi connectivity index (χ1) is 8.29. The summed E-state index contributed by atoms with van der Waals surface area (Å²) in [7, 11) is 1.66. The van der Waals surface area contributed by atoms with Crippen LogP contribution in [0.25, 0.3) is 0 Å². The second-order valence-corrected chi connectivity index (χ2v) is 5.30. The van der Waals surface area contributed by atoms with Crippen molar-refractivity contribution in [3.05, 3.63) is 35.9 Å². The number of rotatable bonds is 5. The maximum absolute atomic E-state index is 12.0. The van der Waals surface area contributed by atoms with E-state index in [1.54, 1.807) is 20.9 Å². The van der Waals surface area contributed by atoms with Crippen LogP contribution >= 0.6 is 0 Å². The molecule has 18 heavy (non-hydrogen) atoms. The number of amides is 1. The van der Waals surface area contributed by atoms with Gasteiger partial charge in [0.1, 0.15) is 0 Å². The van der Waals surface area contributed by atoms with Gasteiger partial charge in [0.2, 0.25) is 5.91 Å². The molecule has 0 aliphatic heterocycles. The van der Waals surface area contributed by atoms with Crippen molar-refractivity contribution >= 4 is 5.91 Å². The van der Waals surface area contributed by atoms with E-state index in [1.807, 2.05) is 30.3 Å². The lowest BCUT2D eigenvalue weighted by Gasteiger charge is -2.27. The zero-order valence-electron chi connectivity index (χ0n) is 11.3. The predicted molar refractivity (Wildman–Crippen MR) is 72.1 cm³/mol. The highest BCUT2D eigenvalue weighted by Gasteiger charge is 2.23. The van der Waals surface area contributed by atoms with Gasteiger partial charge in [-0.05, 0) is 25.8 Å². The molecule has 0 aromatic heterocycles. The van der Waals surface area contributed by atoms with E-state index in [0.717, 1.165) is 5.56 Å². The average molecular weight is 250 g/mol. The largest absolute Gasteiger partial charge is 0.389 e. The summed E-state index contributed by atoms with van der Waals surface area (Å²) in [5.41, 5.74) is 6.03. The molecule has 0 heterocycles. The van der Waals surface area contributed by atoms with E-state index in [0.29, 0.717) is 6.42 Å². The SMILES string of the molecule is CN(CC(C)(C)O)C(=O)[C@@H](N)Cc1ccccc1. The molecule has 0 aliphatic rings. The van der Waals surface area contributed by atoms with Gasteiger partial charge in [0.25, 0.3) is 0 Å². The third kappa shape index (κ3) is 4.85. The maximum atomic E-state index is 12.0. The number of hydrogen-bond acceptors (Lipinski definition) is 3. The number of nitrogens with zero attached hydrogens (tertiary/aromatic N) is 1. The number of likely N-dealkylation sites (N-methyl/N-ethyl adjacent to an activating group) is 1. The summed E-state index contributed by atoms with van der Waals surface area (Å²) in [5, 5.41) is 9.67. The zero-order valence-corrected chi connectivity index (χ0v) is 11.3. The van der Waals surface area contributed by atoms with E-state index in [2.05, 4.69) is 0 Å². The Morgan fingerprint density at radius 1 is 1.39 bits per heavy atom. The summed E-state index contributed by atoms with van der Waals surface area (Å²) in [6, 6.07) is 9.10. The quantitative estimate of drug-likeness (QED) is 0.812. The van der Waals surface area contributed by atoms with Gasteiger partial charge in [-0.15, -0.1) is 0 Å². The Balaban J connectivity index is 2.56. The Labute approximate surface area is 108 Å². The molecule has 0 saturated carbocycles. The maximum Gasteiger partial charge on any atom is 0.239 e. The Bertz CT molecular complexity index is 385. The number of hydrogen-bond donors (Lipinski definition) is 2. The second kappa shape index (κ2) is 5.98. The molecule has 100 valence electrons. The fourth-order valence-corrected chi connectivity index (χ4v) is 1.90. The monoisotopic (exact) mass is 250 g/mol. The summed E-state index contributed by atoms with van der Waals surface area (Å²) < 4.78 is 0. The molecule has 1 aromatic rings. The van der Waals surface area contributed by atoms with Gasteiger partial charge in [-0.2, -0.15) is 0 Å². The summed E-state index contributed by atoms with van der Waals surface area (Å²) >= 11 is 0. The predicted octanol–water partition coefficient (Wildman–Crippen LogP) is 0.786. The zero-order chi connectivity index (χ0) is 13.8. The number of carbonyl (C=O) groups is 1. The van der Waals surface area contributed by atoms with Crippen LogP contribution in [-0.4, -0.2) is 41.1 Å². The van der Waals surface area contributed by atoms with Crippen LogP contribution in [0, 0.1) is 0 Å². The highest BCUT2D eigenvalue weighted by atomic mass is 16.3. The summed E-state index contributed by atoms with van der Waals surface area (Å²) in [6.45, 7) is 3.60. The summed E-state index contributed by atoms with van der Waals surface area (Å²) in [5.74, 6) is -0.152. The first kappa shape index (κ1) is 14.7. The van der Waals surface area contributed by atoms with Gasteiger partial charge in [-0.1, -0.05) is 30.3 Å². The minimum absolute atomic E-state index is 0.152. The standard InChI is InChI=1S/C14H22N2O2/c1-14(2,18)10-16(3)13(17)12(15)9-11-7-5-4-6-8-11/h4-8,12,18H,9-10,15H2,1-3H3/t12-/m0/s1. The molecule has 0 aliphatic carbocycles. The van der Waals surface area contributed by atoms with Crippen molar-refractivity contribution in [2.45, 2.75) is 31.9 Å². The lowest BCUT2D eigenvalue weighted by Crippen LogP contribution is -2.47. The topological polar surface area (TPSA) is 66.6 Å². The molecular formula is C14H22N2O2. The number of carbonyl (C=O) groups excluding carboxylic acids is 1. The first-order valence-corrected chi connectivity index (χ1v) is 6.06. The Morgan fingerprint density at radius 2 is 1.94 bits per heavy atom. The van der Waals surface area contributed by atoms with E-state index in [-0.39, 0.29) is 12.5 Å². The van der Waals surface area contributed by atoms with Crippen LogP contribution in [-0.2, 0) is 11.2 Å². The molecule has 1 amide bonds. The van der Waals surface area contributed by atoms with E-state index < -0.39 is 11.6 Å². The molecular weight excluding hydrogens is 228 g/mol. The Kier molecular flexibility index (Phi) is 4.87. The second-order valence-electron chi connectivity index (χ2n) is 5.30. The van der Waals surface area contributed by atoms with Gasteiger partial charge < -0.3 is 15.7 Å².